The summed E-state index contributed by atoms with van der Waals surface area (Å²) in [5, 5.41) is 9.70. The van der Waals surface area contributed by atoms with Gasteiger partial charge < -0.3 is 5.11 Å². The zero-order valence-electron chi connectivity index (χ0n) is 9.97. The normalized spacial score (nSPS) is 19.4. The van der Waals surface area contributed by atoms with E-state index in [9.17, 15) is 5.11 Å². The molecule has 88 valence electrons. The monoisotopic (exact) mass is 219 g/mol. The number of nitrogens with zero attached hydrogens (tertiary/aromatic N) is 1. The van der Waals surface area contributed by atoms with Crippen molar-refractivity contribution in [3.8, 4) is 0 Å². The van der Waals surface area contributed by atoms with E-state index in [0.717, 1.165) is 32.5 Å². The van der Waals surface area contributed by atoms with Gasteiger partial charge in [-0.25, -0.2) is 0 Å². The molecule has 16 heavy (non-hydrogen) atoms. The van der Waals surface area contributed by atoms with Gasteiger partial charge in [0.1, 0.15) is 0 Å². The Morgan fingerprint density at radius 3 is 2.62 bits per heavy atom. The van der Waals surface area contributed by atoms with Gasteiger partial charge in [-0.15, -0.1) is 0 Å². The second kappa shape index (κ2) is 5.46. The summed E-state index contributed by atoms with van der Waals surface area (Å²) in [6.07, 6.45) is 1.85. The maximum absolute atomic E-state index is 9.70. The van der Waals surface area contributed by atoms with Gasteiger partial charge in [-0.1, -0.05) is 43.7 Å². The van der Waals surface area contributed by atoms with E-state index in [0.29, 0.717) is 5.92 Å². The van der Waals surface area contributed by atoms with E-state index in [1.165, 1.54) is 5.56 Å². The van der Waals surface area contributed by atoms with Crippen molar-refractivity contribution < 1.29 is 5.11 Å². The van der Waals surface area contributed by atoms with Crippen molar-refractivity contribution in [3.63, 3.8) is 0 Å². The van der Waals surface area contributed by atoms with Crippen LogP contribution in [0.15, 0.2) is 30.3 Å². The molecule has 1 aromatic rings. The Labute approximate surface area is 97.9 Å². The lowest BCUT2D eigenvalue weighted by molar-refractivity contribution is 0.0601. The summed E-state index contributed by atoms with van der Waals surface area (Å²) < 4.78 is 0. The number of β-amino-alcohol motifs (C(OH)–C–C–N with tert-alkyl or cyclic N) is 1. The third-order valence-electron chi connectivity index (χ3n) is 3.32. The molecule has 0 aromatic heterocycles. The van der Waals surface area contributed by atoms with Gasteiger partial charge >= 0.3 is 0 Å². The number of likely N-dealkylation sites (tertiary alicyclic amines) is 1. The van der Waals surface area contributed by atoms with Crippen molar-refractivity contribution >= 4 is 0 Å². The Kier molecular flexibility index (Phi) is 3.97. The SMILES string of the molecule is CCCC(O)CN1CC(c2ccccc2)C1. The molecule has 0 amide bonds. The smallest absolute Gasteiger partial charge is 0.0667 e. The van der Waals surface area contributed by atoms with Crippen molar-refractivity contribution in [2.75, 3.05) is 19.6 Å². The zero-order chi connectivity index (χ0) is 11.4. The molecule has 2 rings (SSSR count). The van der Waals surface area contributed by atoms with E-state index in [1.54, 1.807) is 0 Å². The van der Waals surface area contributed by atoms with Gasteiger partial charge in [-0.2, -0.15) is 0 Å². The summed E-state index contributed by atoms with van der Waals surface area (Å²) in [5.74, 6) is 0.676. The second-order valence-corrected chi connectivity index (χ2v) is 4.77. The summed E-state index contributed by atoms with van der Waals surface area (Å²) in [4.78, 5) is 2.35. The first-order valence-electron chi connectivity index (χ1n) is 6.25. The Morgan fingerprint density at radius 2 is 2.00 bits per heavy atom. The molecule has 1 heterocycles. The van der Waals surface area contributed by atoms with Gasteiger partial charge in [0, 0.05) is 25.6 Å². The predicted octanol–water partition coefficient (Wildman–Crippen LogP) is 2.25. The van der Waals surface area contributed by atoms with Crippen LogP contribution in [0.25, 0.3) is 0 Å². The lowest BCUT2D eigenvalue weighted by Gasteiger charge is -2.40. The molecule has 0 bridgehead atoms. The molecular weight excluding hydrogens is 198 g/mol. The van der Waals surface area contributed by atoms with Crippen molar-refractivity contribution in [1.82, 2.24) is 4.90 Å². The van der Waals surface area contributed by atoms with Crippen LogP contribution in [-0.2, 0) is 0 Å². The standard InChI is InChI=1S/C14H21NO/c1-2-6-14(16)11-15-9-13(10-15)12-7-4-3-5-8-12/h3-5,7-8,13-14,16H,2,6,9-11H2,1H3. The van der Waals surface area contributed by atoms with Crippen LogP contribution < -0.4 is 0 Å². The van der Waals surface area contributed by atoms with Crippen LogP contribution in [0.1, 0.15) is 31.2 Å². The van der Waals surface area contributed by atoms with E-state index in [1.807, 2.05) is 0 Å². The van der Waals surface area contributed by atoms with Crippen LogP contribution in [-0.4, -0.2) is 35.7 Å². The zero-order valence-corrected chi connectivity index (χ0v) is 9.97. The molecule has 1 atom stereocenters. The fourth-order valence-corrected chi connectivity index (χ4v) is 2.38. The molecule has 1 aliphatic rings. The predicted molar refractivity (Wildman–Crippen MR) is 66.5 cm³/mol. The van der Waals surface area contributed by atoms with Crippen molar-refractivity contribution in [2.24, 2.45) is 0 Å². The van der Waals surface area contributed by atoms with Crippen LogP contribution >= 0.6 is 0 Å². The molecule has 1 unspecified atom stereocenters. The molecule has 1 aliphatic heterocycles. The highest BCUT2D eigenvalue weighted by Gasteiger charge is 2.28. The molecule has 1 N–H and O–H groups in total. The minimum Gasteiger partial charge on any atom is -0.392 e. The number of hydrogen-bond acceptors (Lipinski definition) is 2. The van der Waals surface area contributed by atoms with E-state index in [4.69, 9.17) is 0 Å². The lowest BCUT2D eigenvalue weighted by atomic mass is 9.91. The molecule has 1 aromatic carbocycles. The highest BCUT2D eigenvalue weighted by atomic mass is 16.3. The summed E-state index contributed by atoms with van der Waals surface area (Å²) in [7, 11) is 0. The maximum atomic E-state index is 9.70. The van der Waals surface area contributed by atoms with Crippen LogP contribution in [0.4, 0.5) is 0 Å². The van der Waals surface area contributed by atoms with Gasteiger partial charge in [0.25, 0.3) is 0 Å². The lowest BCUT2D eigenvalue weighted by Crippen LogP contribution is -2.48. The quantitative estimate of drug-likeness (QED) is 0.821. The topological polar surface area (TPSA) is 23.5 Å². The molecule has 0 saturated carbocycles. The first kappa shape index (κ1) is 11.6. The highest BCUT2D eigenvalue weighted by molar-refractivity contribution is 5.22. The minimum absolute atomic E-state index is 0.137. The second-order valence-electron chi connectivity index (χ2n) is 4.77. The van der Waals surface area contributed by atoms with E-state index >= 15 is 0 Å². The summed E-state index contributed by atoms with van der Waals surface area (Å²) in [5.41, 5.74) is 1.43. The van der Waals surface area contributed by atoms with Gasteiger partial charge in [0.2, 0.25) is 0 Å². The van der Waals surface area contributed by atoms with Gasteiger partial charge in [0.05, 0.1) is 6.10 Å². The van der Waals surface area contributed by atoms with Gasteiger partial charge in [0.15, 0.2) is 0 Å². The fraction of sp³-hybridized carbons (Fsp3) is 0.571. The van der Waals surface area contributed by atoms with E-state index < -0.39 is 0 Å². The van der Waals surface area contributed by atoms with Crippen LogP contribution in [0.5, 0.6) is 0 Å². The molecule has 1 fully saturated rings. The van der Waals surface area contributed by atoms with Gasteiger partial charge in [-0.3, -0.25) is 4.90 Å². The Morgan fingerprint density at radius 1 is 1.31 bits per heavy atom. The molecular formula is C14H21NO. The summed E-state index contributed by atoms with van der Waals surface area (Å²) >= 11 is 0. The third kappa shape index (κ3) is 2.83. The van der Waals surface area contributed by atoms with Crippen molar-refractivity contribution in [3.05, 3.63) is 35.9 Å². The minimum atomic E-state index is -0.137. The number of hydrogen-bond donors (Lipinski definition) is 1. The van der Waals surface area contributed by atoms with E-state index in [-0.39, 0.29) is 6.10 Å². The third-order valence-corrected chi connectivity index (χ3v) is 3.32. The molecule has 0 aliphatic carbocycles. The first-order chi connectivity index (χ1) is 7.79. The molecule has 2 heteroatoms. The number of aliphatic hydroxyl groups is 1. The first-order valence-corrected chi connectivity index (χ1v) is 6.25. The average molecular weight is 219 g/mol. The van der Waals surface area contributed by atoms with E-state index in [2.05, 4.69) is 42.2 Å². The summed E-state index contributed by atoms with van der Waals surface area (Å²) in [6.45, 7) is 5.17. The fourth-order valence-electron chi connectivity index (χ4n) is 2.38. The van der Waals surface area contributed by atoms with Crippen molar-refractivity contribution in [1.29, 1.82) is 0 Å². The molecule has 0 radical (unpaired) electrons. The highest BCUT2D eigenvalue weighted by Crippen LogP contribution is 2.26. The summed E-state index contributed by atoms with van der Waals surface area (Å²) in [6, 6.07) is 10.7. The number of aliphatic hydroxyl groups excluding tert-OH is 1. The molecule has 1 saturated heterocycles. The van der Waals surface area contributed by atoms with Crippen LogP contribution in [0, 0.1) is 0 Å². The average Bonchev–Trinajstić information content (AvgIpc) is 2.24. The Bertz CT molecular complexity index is 306. The Balaban J connectivity index is 1.74. The molecule has 2 nitrogen and oxygen atoms in total. The molecule has 0 spiro atoms. The van der Waals surface area contributed by atoms with Gasteiger partial charge in [-0.05, 0) is 12.0 Å². The number of rotatable bonds is 5. The Hall–Kier alpha value is -0.860. The maximum Gasteiger partial charge on any atom is 0.0667 e. The largest absolute Gasteiger partial charge is 0.392 e. The van der Waals surface area contributed by atoms with Crippen molar-refractivity contribution in [2.45, 2.75) is 31.8 Å². The number of benzene rings is 1. The van der Waals surface area contributed by atoms with Crippen LogP contribution in [0.2, 0.25) is 0 Å². The van der Waals surface area contributed by atoms with Crippen LogP contribution in [0.3, 0.4) is 0 Å².